The third-order valence-corrected chi connectivity index (χ3v) is 6.76. The molecule has 0 saturated heterocycles. The first-order valence-corrected chi connectivity index (χ1v) is 11.3. The molecule has 0 spiro atoms. The summed E-state index contributed by atoms with van der Waals surface area (Å²) in [4.78, 5) is 12.7. The average Bonchev–Trinajstić information content (AvgIpc) is 2.73. The number of sulfonamides is 1. The largest absolute Gasteiger partial charge is 0.272 e. The minimum absolute atomic E-state index is 0.112. The lowest BCUT2D eigenvalue weighted by molar-refractivity contribution is -0.121. The molecule has 3 rings (SSSR count). The zero-order chi connectivity index (χ0) is 20.7. The van der Waals surface area contributed by atoms with Gasteiger partial charge in [-0.3, -0.25) is 4.79 Å². The van der Waals surface area contributed by atoms with Crippen LogP contribution >= 0.6 is 0 Å². The molecule has 29 heavy (non-hydrogen) atoms. The number of hydrazone groups is 1. The monoisotopic (exact) mass is 413 g/mol. The summed E-state index contributed by atoms with van der Waals surface area (Å²) in [6, 6.07) is 15.9. The number of benzene rings is 2. The number of hydrogen-bond acceptors (Lipinski definition) is 4. The highest BCUT2D eigenvalue weighted by Crippen LogP contribution is 2.19. The molecule has 0 radical (unpaired) electrons. The number of nitrogens with one attached hydrogen (secondary N) is 1. The van der Waals surface area contributed by atoms with Crippen molar-refractivity contribution in [1.82, 2.24) is 9.73 Å². The minimum Gasteiger partial charge on any atom is -0.272 e. The normalized spacial score (nSPS) is 14.6. The second-order valence-corrected chi connectivity index (χ2v) is 9.28. The molecule has 2 aromatic carbocycles. The number of nitrogens with zero attached hydrogens (tertiary/aromatic N) is 2. The zero-order valence-electron chi connectivity index (χ0n) is 16.7. The van der Waals surface area contributed by atoms with Gasteiger partial charge >= 0.3 is 0 Å². The van der Waals surface area contributed by atoms with Gasteiger partial charge in [-0.2, -0.15) is 9.41 Å². The van der Waals surface area contributed by atoms with Crippen LogP contribution in [-0.4, -0.2) is 30.9 Å². The van der Waals surface area contributed by atoms with E-state index >= 15 is 0 Å². The third-order valence-electron chi connectivity index (χ3n) is 4.95. The van der Waals surface area contributed by atoms with Crippen LogP contribution in [0.15, 0.2) is 64.6 Å². The molecule has 6 nitrogen and oxygen atoms in total. The Labute approximate surface area is 172 Å². The standard InChI is InChI=1S/C22H27N3O3S/c1-18-12-14-21(15-13-18)29(27,28)25(16-19-8-4-2-5-9-19)17-22(26)24-23-20-10-6-3-7-11-20/h2,4-5,8-9,12-15H,3,6-7,10-11,16-17H2,1H3,(H,24,26). The topological polar surface area (TPSA) is 78.8 Å². The van der Waals surface area contributed by atoms with E-state index in [1.165, 1.54) is 10.7 Å². The molecule has 154 valence electrons. The molecule has 7 heteroatoms. The maximum absolute atomic E-state index is 13.2. The molecule has 1 amide bonds. The Bertz CT molecular complexity index is 947. The van der Waals surface area contributed by atoms with E-state index in [0.717, 1.165) is 42.5 Å². The first-order valence-electron chi connectivity index (χ1n) is 9.90. The fourth-order valence-electron chi connectivity index (χ4n) is 3.28. The summed E-state index contributed by atoms with van der Waals surface area (Å²) >= 11 is 0. The molecule has 0 heterocycles. The number of amides is 1. The molecule has 0 bridgehead atoms. The van der Waals surface area contributed by atoms with Crippen LogP contribution in [-0.2, 0) is 21.4 Å². The Kier molecular flexibility index (Phi) is 7.17. The lowest BCUT2D eigenvalue weighted by Gasteiger charge is -2.22. The molecule has 1 N–H and O–H groups in total. The van der Waals surface area contributed by atoms with Gasteiger partial charge in [-0.05, 0) is 50.3 Å². The molecule has 1 saturated carbocycles. The van der Waals surface area contributed by atoms with E-state index < -0.39 is 15.9 Å². The molecule has 1 aliphatic rings. The van der Waals surface area contributed by atoms with E-state index in [0.29, 0.717) is 0 Å². The van der Waals surface area contributed by atoms with Crippen molar-refractivity contribution in [2.45, 2.75) is 50.5 Å². The lowest BCUT2D eigenvalue weighted by atomic mass is 9.99. The zero-order valence-corrected chi connectivity index (χ0v) is 17.5. The van der Waals surface area contributed by atoms with E-state index in [2.05, 4.69) is 10.5 Å². The summed E-state index contributed by atoms with van der Waals surface area (Å²) in [5.74, 6) is -0.435. The summed E-state index contributed by atoms with van der Waals surface area (Å²) in [6.07, 6.45) is 5.12. The summed E-state index contributed by atoms with van der Waals surface area (Å²) < 4.78 is 27.6. The Balaban J connectivity index is 1.78. The van der Waals surface area contributed by atoms with Gasteiger partial charge in [-0.15, -0.1) is 0 Å². The van der Waals surface area contributed by atoms with Gasteiger partial charge in [0, 0.05) is 12.3 Å². The van der Waals surface area contributed by atoms with Crippen LogP contribution in [0.3, 0.4) is 0 Å². The number of carbonyl (C=O) groups is 1. The van der Waals surface area contributed by atoms with Crippen LogP contribution < -0.4 is 5.43 Å². The first-order chi connectivity index (χ1) is 13.9. The molecule has 0 aromatic heterocycles. The first kappa shape index (κ1) is 21.2. The Hall–Kier alpha value is -2.51. The SMILES string of the molecule is Cc1ccc(S(=O)(=O)N(CC(=O)NN=C2CCCCC2)Cc2ccccc2)cc1. The number of rotatable bonds is 7. The van der Waals surface area contributed by atoms with E-state index in [-0.39, 0.29) is 18.0 Å². The molecule has 0 aliphatic heterocycles. The molecule has 0 atom stereocenters. The summed E-state index contributed by atoms with van der Waals surface area (Å²) in [7, 11) is -3.83. The van der Waals surface area contributed by atoms with Crippen molar-refractivity contribution < 1.29 is 13.2 Å². The van der Waals surface area contributed by atoms with Gasteiger partial charge in [-0.25, -0.2) is 13.8 Å². The highest BCUT2D eigenvalue weighted by Gasteiger charge is 2.27. The maximum atomic E-state index is 13.2. The van der Waals surface area contributed by atoms with Crippen LogP contribution in [0.1, 0.15) is 43.2 Å². The molecule has 2 aromatic rings. The van der Waals surface area contributed by atoms with E-state index in [4.69, 9.17) is 0 Å². The predicted molar refractivity (Wildman–Crippen MR) is 114 cm³/mol. The van der Waals surface area contributed by atoms with Crippen molar-refractivity contribution in [3.63, 3.8) is 0 Å². The molecule has 1 fully saturated rings. The molecular formula is C22H27N3O3S. The summed E-state index contributed by atoms with van der Waals surface area (Å²) in [5.41, 5.74) is 5.30. The van der Waals surface area contributed by atoms with E-state index in [1.54, 1.807) is 24.3 Å². The second kappa shape index (κ2) is 9.80. The summed E-state index contributed by atoms with van der Waals surface area (Å²) in [5, 5.41) is 4.21. The number of hydrogen-bond donors (Lipinski definition) is 1. The van der Waals surface area contributed by atoms with Gasteiger partial charge in [0.2, 0.25) is 10.0 Å². The van der Waals surface area contributed by atoms with Crippen molar-refractivity contribution in [3.8, 4) is 0 Å². The van der Waals surface area contributed by atoms with Gasteiger partial charge in [0.1, 0.15) is 0 Å². The van der Waals surface area contributed by atoms with Crippen LogP contribution in [0.2, 0.25) is 0 Å². The van der Waals surface area contributed by atoms with Gasteiger partial charge < -0.3 is 0 Å². The maximum Gasteiger partial charge on any atom is 0.255 e. The lowest BCUT2D eigenvalue weighted by Crippen LogP contribution is -2.39. The van der Waals surface area contributed by atoms with Crippen molar-refractivity contribution in [2.24, 2.45) is 5.10 Å². The van der Waals surface area contributed by atoms with Crippen molar-refractivity contribution in [1.29, 1.82) is 0 Å². The molecule has 0 unspecified atom stereocenters. The van der Waals surface area contributed by atoms with Crippen molar-refractivity contribution in [2.75, 3.05) is 6.54 Å². The Morgan fingerprint density at radius 3 is 2.31 bits per heavy atom. The van der Waals surface area contributed by atoms with Gasteiger partial charge in [0.25, 0.3) is 5.91 Å². The highest BCUT2D eigenvalue weighted by atomic mass is 32.2. The number of carbonyl (C=O) groups excluding carboxylic acids is 1. The average molecular weight is 414 g/mol. The minimum atomic E-state index is -3.83. The fraction of sp³-hybridized carbons (Fsp3) is 0.364. The number of aryl methyl sites for hydroxylation is 1. The van der Waals surface area contributed by atoms with Gasteiger partial charge in [-0.1, -0.05) is 54.4 Å². The fourth-order valence-corrected chi connectivity index (χ4v) is 4.67. The van der Waals surface area contributed by atoms with Gasteiger partial charge in [0.15, 0.2) is 0 Å². The van der Waals surface area contributed by atoms with Crippen LogP contribution in [0.25, 0.3) is 0 Å². The van der Waals surface area contributed by atoms with E-state index in [1.807, 2.05) is 37.3 Å². The quantitative estimate of drug-likeness (QED) is 0.704. The molecular weight excluding hydrogens is 386 g/mol. The van der Waals surface area contributed by atoms with Crippen LogP contribution in [0.5, 0.6) is 0 Å². The third kappa shape index (κ3) is 5.98. The van der Waals surface area contributed by atoms with E-state index in [9.17, 15) is 13.2 Å². The molecule has 1 aliphatic carbocycles. The smallest absolute Gasteiger partial charge is 0.255 e. The highest BCUT2D eigenvalue weighted by molar-refractivity contribution is 7.89. The Morgan fingerprint density at radius 2 is 1.66 bits per heavy atom. The second-order valence-electron chi connectivity index (χ2n) is 7.35. The van der Waals surface area contributed by atoms with Crippen LogP contribution in [0, 0.1) is 6.92 Å². The van der Waals surface area contributed by atoms with Crippen molar-refractivity contribution in [3.05, 3.63) is 65.7 Å². The summed E-state index contributed by atoms with van der Waals surface area (Å²) in [6.45, 7) is 1.72. The predicted octanol–water partition coefficient (Wildman–Crippen LogP) is 3.62. The van der Waals surface area contributed by atoms with Gasteiger partial charge in [0.05, 0.1) is 11.4 Å². The Morgan fingerprint density at radius 1 is 1.00 bits per heavy atom. The van der Waals surface area contributed by atoms with Crippen molar-refractivity contribution >= 4 is 21.6 Å². The van der Waals surface area contributed by atoms with Crippen LogP contribution in [0.4, 0.5) is 0 Å².